The summed E-state index contributed by atoms with van der Waals surface area (Å²) < 4.78 is 0. The number of benzene rings is 2. The second-order valence-corrected chi connectivity index (χ2v) is 5.55. The third kappa shape index (κ3) is 2.44. The molecule has 0 saturated heterocycles. The average molecular weight is 306 g/mol. The molecule has 0 spiro atoms. The average Bonchev–Trinajstić information content (AvgIpc) is 3.12. The summed E-state index contributed by atoms with van der Waals surface area (Å²) in [6.45, 7) is 0. The predicted octanol–water partition coefficient (Wildman–Crippen LogP) is 2.63. The van der Waals surface area contributed by atoms with E-state index >= 15 is 0 Å². The van der Waals surface area contributed by atoms with Crippen LogP contribution in [0.3, 0.4) is 0 Å². The number of rotatable bonds is 3. The Morgan fingerprint density at radius 2 is 2.09 bits per heavy atom. The molecule has 0 radical (unpaired) electrons. The van der Waals surface area contributed by atoms with Gasteiger partial charge in [-0.15, -0.1) is 0 Å². The Bertz CT molecular complexity index is 916. The third-order valence-electron chi connectivity index (χ3n) is 4.03. The number of fused-ring (bicyclic) bond motifs is 2. The summed E-state index contributed by atoms with van der Waals surface area (Å²) in [5, 5.41) is 13.4. The molecular weight excluding hydrogens is 292 g/mol. The molecular formula is C17H14N4O2. The van der Waals surface area contributed by atoms with Crippen molar-refractivity contribution in [3.63, 3.8) is 0 Å². The number of carbonyl (C=O) groups excluding carboxylic acids is 2. The first-order valence-electron chi connectivity index (χ1n) is 7.33. The zero-order chi connectivity index (χ0) is 15.8. The van der Waals surface area contributed by atoms with Gasteiger partial charge in [0.2, 0.25) is 11.8 Å². The van der Waals surface area contributed by atoms with Crippen LogP contribution in [0.1, 0.15) is 17.9 Å². The number of carbonyl (C=O) groups is 2. The third-order valence-corrected chi connectivity index (χ3v) is 4.03. The van der Waals surface area contributed by atoms with E-state index in [1.54, 1.807) is 6.20 Å². The summed E-state index contributed by atoms with van der Waals surface area (Å²) in [5.41, 5.74) is 3.19. The van der Waals surface area contributed by atoms with Gasteiger partial charge in [-0.1, -0.05) is 18.2 Å². The number of hydrogen-bond acceptors (Lipinski definition) is 3. The largest absolute Gasteiger partial charge is 0.326 e. The van der Waals surface area contributed by atoms with Crippen LogP contribution in [0.4, 0.5) is 11.4 Å². The molecule has 1 aromatic heterocycles. The van der Waals surface area contributed by atoms with Crippen molar-refractivity contribution in [1.29, 1.82) is 0 Å². The maximum atomic E-state index is 12.3. The van der Waals surface area contributed by atoms with Gasteiger partial charge in [0, 0.05) is 23.2 Å². The molecule has 3 N–H and O–H groups in total. The topological polar surface area (TPSA) is 86.9 Å². The van der Waals surface area contributed by atoms with Crippen LogP contribution in [-0.4, -0.2) is 22.0 Å². The minimum atomic E-state index is -0.443. The molecule has 6 nitrogen and oxygen atoms in total. The quantitative estimate of drug-likeness (QED) is 0.695. The van der Waals surface area contributed by atoms with E-state index in [1.807, 2.05) is 42.5 Å². The molecule has 2 amide bonds. The summed E-state index contributed by atoms with van der Waals surface area (Å²) in [7, 11) is 0. The van der Waals surface area contributed by atoms with Crippen LogP contribution >= 0.6 is 0 Å². The van der Waals surface area contributed by atoms with Gasteiger partial charge in [0.25, 0.3) is 0 Å². The first-order valence-corrected chi connectivity index (χ1v) is 7.33. The fraction of sp³-hybridized carbons (Fsp3) is 0.118. The van der Waals surface area contributed by atoms with Gasteiger partial charge in [-0.2, -0.15) is 5.10 Å². The fourth-order valence-electron chi connectivity index (χ4n) is 2.89. The number of nitrogens with zero attached hydrogens (tertiary/aromatic N) is 1. The first-order chi connectivity index (χ1) is 11.2. The van der Waals surface area contributed by atoms with E-state index in [1.165, 1.54) is 0 Å². The van der Waals surface area contributed by atoms with Gasteiger partial charge >= 0.3 is 0 Å². The van der Waals surface area contributed by atoms with Gasteiger partial charge in [0.1, 0.15) is 0 Å². The van der Waals surface area contributed by atoms with Crippen molar-refractivity contribution in [3.05, 3.63) is 54.2 Å². The number of amides is 2. The highest BCUT2D eigenvalue weighted by Crippen LogP contribution is 2.34. The summed E-state index contributed by atoms with van der Waals surface area (Å²) >= 11 is 0. The van der Waals surface area contributed by atoms with Crippen molar-refractivity contribution in [1.82, 2.24) is 10.2 Å². The van der Waals surface area contributed by atoms with Crippen LogP contribution in [0.25, 0.3) is 10.9 Å². The molecule has 1 aliphatic rings. The van der Waals surface area contributed by atoms with Crippen LogP contribution in [0.2, 0.25) is 0 Å². The van der Waals surface area contributed by atoms with E-state index in [0.29, 0.717) is 5.69 Å². The number of H-pyrrole nitrogens is 1. The zero-order valence-electron chi connectivity index (χ0n) is 12.2. The minimum absolute atomic E-state index is 0.115. The Labute approximate surface area is 131 Å². The monoisotopic (exact) mass is 306 g/mol. The Hall–Kier alpha value is -3.15. The van der Waals surface area contributed by atoms with Crippen molar-refractivity contribution < 1.29 is 9.59 Å². The summed E-state index contributed by atoms with van der Waals surface area (Å²) in [6.07, 6.45) is 1.84. The first kappa shape index (κ1) is 13.5. The van der Waals surface area contributed by atoms with Crippen molar-refractivity contribution in [2.45, 2.75) is 12.3 Å². The number of aromatic amines is 1. The Morgan fingerprint density at radius 1 is 1.22 bits per heavy atom. The van der Waals surface area contributed by atoms with E-state index in [9.17, 15) is 9.59 Å². The second-order valence-electron chi connectivity index (χ2n) is 5.55. The smallest absolute Gasteiger partial charge is 0.232 e. The van der Waals surface area contributed by atoms with Crippen molar-refractivity contribution in [2.75, 3.05) is 10.6 Å². The Kier molecular flexibility index (Phi) is 3.08. The lowest BCUT2D eigenvalue weighted by Gasteiger charge is -2.09. The molecule has 114 valence electrons. The van der Waals surface area contributed by atoms with Gasteiger partial charge in [-0.05, 0) is 29.8 Å². The van der Waals surface area contributed by atoms with E-state index in [2.05, 4.69) is 20.8 Å². The molecule has 6 heteroatoms. The molecule has 0 aliphatic carbocycles. The van der Waals surface area contributed by atoms with Crippen LogP contribution in [0, 0.1) is 0 Å². The lowest BCUT2D eigenvalue weighted by molar-refractivity contribution is -0.122. The van der Waals surface area contributed by atoms with E-state index in [-0.39, 0.29) is 18.2 Å². The molecule has 1 atom stereocenters. The van der Waals surface area contributed by atoms with Crippen molar-refractivity contribution >= 4 is 34.1 Å². The summed E-state index contributed by atoms with van der Waals surface area (Å²) in [5.74, 6) is -0.770. The number of hydrogen-bond donors (Lipinski definition) is 3. The zero-order valence-corrected chi connectivity index (χ0v) is 12.2. The second kappa shape index (κ2) is 5.24. The van der Waals surface area contributed by atoms with Crippen molar-refractivity contribution in [3.8, 4) is 0 Å². The highest BCUT2D eigenvalue weighted by Gasteiger charge is 2.31. The lowest BCUT2D eigenvalue weighted by Crippen LogP contribution is -2.20. The standard InChI is InChI=1S/C17H14N4O2/c22-16(19-11-6-5-10-9-18-21-15(10)7-11)8-13-12-3-1-2-4-14(12)20-17(13)23/h1-7,9,13H,8H2,(H,18,21)(H,19,22)(H,20,23). The molecule has 2 aromatic carbocycles. The van der Waals surface area contributed by atoms with Crippen LogP contribution < -0.4 is 10.6 Å². The number of aromatic nitrogens is 2. The Morgan fingerprint density at radius 3 is 3.00 bits per heavy atom. The highest BCUT2D eigenvalue weighted by atomic mass is 16.2. The number of nitrogens with one attached hydrogen (secondary N) is 3. The molecule has 4 rings (SSSR count). The van der Waals surface area contributed by atoms with Crippen LogP contribution in [0.5, 0.6) is 0 Å². The predicted molar refractivity (Wildman–Crippen MR) is 87.2 cm³/mol. The molecule has 2 heterocycles. The molecule has 1 unspecified atom stereocenters. The molecule has 0 bridgehead atoms. The number of anilines is 2. The van der Waals surface area contributed by atoms with E-state index in [0.717, 1.165) is 22.2 Å². The maximum Gasteiger partial charge on any atom is 0.232 e. The van der Waals surface area contributed by atoms with Gasteiger partial charge in [-0.25, -0.2) is 0 Å². The molecule has 23 heavy (non-hydrogen) atoms. The Balaban J connectivity index is 1.50. The van der Waals surface area contributed by atoms with E-state index in [4.69, 9.17) is 0 Å². The minimum Gasteiger partial charge on any atom is -0.326 e. The van der Waals surface area contributed by atoms with Gasteiger partial charge in [0.15, 0.2) is 0 Å². The normalized spacial score (nSPS) is 16.2. The summed E-state index contributed by atoms with van der Waals surface area (Å²) in [6, 6.07) is 13.0. The molecule has 0 saturated carbocycles. The SMILES string of the molecule is O=C(CC1C(=O)Nc2ccccc21)Nc1ccc2cn[nH]c2c1. The maximum absolute atomic E-state index is 12.3. The van der Waals surface area contributed by atoms with Crippen LogP contribution in [0.15, 0.2) is 48.7 Å². The van der Waals surface area contributed by atoms with Gasteiger partial charge in [-0.3, -0.25) is 14.7 Å². The number of para-hydroxylation sites is 1. The summed E-state index contributed by atoms with van der Waals surface area (Å²) in [4.78, 5) is 24.3. The van der Waals surface area contributed by atoms with E-state index < -0.39 is 5.92 Å². The molecule has 1 aliphatic heterocycles. The highest BCUT2D eigenvalue weighted by molar-refractivity contribution is 6.06. The van der Waals surface area contributed by atoms with Gasteiger partial charge in [0.05, 0.1) is 17.6 Å². The van der Waals surface area contributed by atoms with Crippen molar-refractivity contribution in [2.24, 2.45) is 0 Å². The molecule has 0 fully saturated rings. The lowest BCUT2D eigenvalue weighted by atomic mass is 9.97. The van der Waals surface area contributed by atoms with Gasteiger partial charge < -0.3 is 10.6 Å². The van der Waals surface area contributed by atoms with Crippen LogP contribution in [-0.2, 0) is 9.59 Å². The molecule has 3 aromatic rings. The fourth-order valence-corrected chi connectivity index (χ4v) is 2.89.